The topological polar surface area (TPSA) is 107 Å². The Kier molecular flexibility index (Phi) is 15.6. The summed E-state index contributed by atoms with van der Waals surface area (Å²) in [6.45, 7) is 22.2. The number of carbonyl (C=O) groups excluding carboxylic acids is 3. The molecule has 52 heavy (non-hydrogen) atoms. The summed E-state index contributed by atoms with van der Waals surface area (Å²) < 4.78 is 35.5. The van der Waals surface area contributed by atoms with Crippen LogP contribution < -0.4 is 28.9 Å². The van der Waals surface area contributed by atoms with E-state index in [1.54, 1.807) is 14.0 Å². The van der Waals surface area contributed by atoms with E-state index in [4.69, 9.17) is 37.7 Å². The van der Waals surface area contributed by atoms with Crippen molar-refractivity contribution in [2.45, 2.75) is 98.6 Å². The molecule has 280 valence electrons. The molecule has 0 atom stereocenters. The molecular weight excluding hydrogens is 1000 g/mol. The van der Waals surface area contributed by atoms with Crippen LogP contribution >= 0.6 is 37.2 Å². The molecule has 9 nitrogen and oxygen atoms in total. The van der Waals surface area contributed by atoms with Crippen LogP contribution in [0.1, 0.15) is 81.7 Å². The molecule has 0 spiro atoms. The summed E-state index contributed by atoms with van der Waals surface area (Å²) in [4.78, 5) is 27.7. The minimum Gasteiger partial charge on any atom is -0.186 e. The molecular formula is C38H46B2I3O9-. The fraction of sp³-hybridized carbons (Fsp3) is 0.421. The molecule has 3 aliphatic heterocycles. The van der Waals surface area contributed by atoms with Gasteiger partial charge >= 0.3 is 76.8 Å². The molecule has 0 bridgehead atoms. The zero-order valence-electron chi connectivity index (χ0n) is 31.7. The van der Waals surface area contributed by atoms with Crippen LogP contribution in [0.5, 0.6) is 5.75 Å². The molecule has 3 aromatic carbocycles. The van der Waals surface area contributed by atoms with E-state index in [2.05, 4.69) is 129 Å². The minimum absolute atomic E-state index is 0.250. The average molecular weight is 1050 g/mol. The van der Waals surface area contributed by atoms with E-state index >= 15 is 0 Å². The molecule has 6 rings (SSSR count). The van der Waals surface area contributed by atoms with Crippen LogP contribution in [0.4, 0.5) is 0 Å². The number of fused-ring (bicyclic) bond motifs is 1. The molecule has 3 heterocycles. The first kappa shape index (κ1) is 44.6. The summed E-state index contributed by atoms with van der Waals surface area (Å²) in [7, 11) is 0.845. The average Bonchev–Trinajstić information content (AvgIpc) is 3.57. The second kappa shape index (κ2) is 18.2. The van der Waals surface area contributed by atoms with Crippen molar-refractivity contribution in [3.8, 4) is 5.75 Å². The van der Waals surface area contributed by atoms with Gasteiger partial charge in [0.25, 0.3) is 0 Å². The zero-order valence-corrected chi connectivity index (χ0v) is 38.2. The van der Waals surface area contributed by atoms with Crippen LogP contribution in [-0.4, -0.2) is 55.9 Å². The standard InChI is InChI=1S/C22H30B2O4.C15H16O3.CO2.I3/c1-19(2)20(3,4)26-23(25-19)16-13-12-15-10-9-11-18(17(15)14-16)24-27-21(5,6)22(7,8)28-24;1-9-10(2)15(16)18-14(9)11(3)12-5-7-13(17-4)8-6-12;2-1-3;1-3-2/h9-14H,1-8H3;5-8H,1-4H3;;/q;;;-1/b;14-11-;;. The molecule has 0 amide bonds. The third kappa shape index (κ3) is 10.1. The van der Waals surface area contributed by atoms with Gasteiger partial charge < -0.3 is 28.1 Å². The van der Waals surface area contributed by atoms with E-state index in [1.165, 1.54) is 0 Å². The number of cyclic esters (lactones) is 1. The van der Waals surface area contributed by atoms with Gasteiger partial charge in [-0.2, -0.15) is 9.59 Å². The number of benzene rings is 3. The Hall–Kier alpha value is -1.79. The second-order valence-electron chi connectivity index (χ2n) is 14.5. The number of esters is 1. The van der Waals surface area contributed by atoms with Gasteiger partial charge in [0.2, 0.25) is 0 Å². The van der Waals surface area contributed by atoms with Crippen molar-refractivity contribution in [1.29, 1.82) is 0 Å². The number of halogens is 3. The summed E-state index contributed by atoms with van der Waals surface area (Å²) in [6.07, 6.45) is 0.250. The molecule has 0 N–H and O–H groups in total. The first-order chi connectivity index (χ1) is 24.2. The molecule has 0 aromatic heterocycles. The smallest absolute Gasteiger partial charge is 0.186 e. The molecule has 0 unspecified atom stereocenters. The number of methoxy groups -OCH3 is 1. The van der Waals surface area contributed by atoms with E-state index in [9.17, 15) is 4.79 Å². The zero-order chi connectivity index (χ0) is 39.2. The van der Waals surface area contributed by atoms with Crippen LogP contribution in [0.15, 0.2) is 77.6 Å². The third-order valence-electron chi connectivity index (χ3n) is 10.2. The van der Waals surface area contributed by atoms with Crippen molar-refractivity contribution in [3.05, 3.63) is 83.1 Å². The van der Waals surface area contributed by atoms with Gasteiger partial charge in [-0.1, -0.05) is 48.5 Å². The van der Waals surface area contributed by atoms with Crippen molar-refractivity contribution in [3.63, 3.8) is 0 Å². The predicted octanol–water partition coefficient (Wildman–Crippen LogP) is 4.95. The van der Waals surface area contributed by atoms with E-state index in [0.717, 1.165) is 44.2 Å². The molecule has 14 heteroatoms. The van der Waals surface area contributed by atoms with Crippen molar-refractivity contribution >= 4 is 90.9 Å². The minimum atomic E-state index is -0.401. The SMILES string of the molecule is CC1(C)OB(c2ccc3cccc(B4OC(C)(C)C(C)(C)O4)c3c2)OC1(C)C.COc1ccc(/C(C)=C2\OC(=O)C(C)=C2C)cc1.I[I-]I.O=C=O. The Morgan fingerprint density at radius 2 is 1.23 bits per heavy atom. The van der Waals surface area contributed by atoms with Crippen LogP contribution in [-0.2, 0) is 37.7 Å². The number of rotatable bonds is 4. The van der Waals surface area contributed by atoms with Crippen LogP contribution in [0, 0.1) is 0 Å². The predicted molar refractivity (Wildman–Crippen MR) is 218 cm³/mol. The summed E-state index contributed by atoms with van der Waals surface area (Å²) in [5.41, 5.74) is 4.14. The first-order valence-corrected chi connectivity index (χ1v) is 29.1. The second-order valence-corrected chi connectivity index (χ2v) is 30.7. The van der Waals surface area contributed by atoms with E-state index < -0.39 is 7.12 Å². The summed E-state index contributed by atoms with van der Waals surface area (Å²) >= 11 is 5.30. The van der Waals surface area contributed by atoms with Crippen molar-refractivity contribution in [2.24, 2.45) is 0 Å². The summed E-state index contributed by atoms with van der Waals surface area (Å²) in [5.74, 6) is 1.22. The first-order valence-electron chi connectivity index (χ1n) is 16.6. The fourth-order valence-electron chi connectivity index (χ4n) is 5.51. The molecule has 2 fully saturated rings. The number of hydrogen-bond donors (Lipinski definition) is 0. The third-order valence-corrected chi connectivity index (χ3v) is 10.2. The van der Waals surface area contributed by atoms with E-state index in [0.29, 0.717) is 24.6 Å². The van der Waals surface area contributed by atoms with Crippen molar-refractivity contribution < 1.29 is 55.7 Å². The maximum Gasteiger partial charge on any atom is 0.373 e. The Morgan fingerprint density at radius 1 is 0.750 bits per heavy atom. The normalized spacial score (nSPS) is 20.2. The number of hydrogen-bond acceptors (Lipinski definition) is 9. The maximum absolute atomic E-state index is 11.5. The van der Waals surface area contributed by atoms with E-state index in [-0.39, 0.29) is 41.6 Å². The number of allylic oxidation sites excluding steroid dienone is 2. The number of carbonyl (C=O) groups is 1. The van der Waals surface area contributed by atoms with Gasteiger partial charge in [-0.25, -0.2) is 4.79 Å². The number of ether oxygens (including phenoxy) is 2. The largest absolute Gasteiger partial charge is 0.373 e. The van der Waals surface area contributed by atoms with Gasteiger partial charge in [0.05, 0.1) is 29.5 Å². The maximum atomic E-state index is 11.5. The monoisotopic (exact) mass is 1050 g/mol. The van der Waals surface area contributed by atoms with Crippen LogP contribution in [0.3, 0.4) is 0 Å². The van der Waals surface area contributed by atoms with Crippen LogP contribution in [0.25, 0.3) is 16.3 Å². The quantitative estimate of drug-likeness (QED) is 0.204. The molecule has 3 aromatic rings. The Bertz CT molecular complexity index is 1820. The van der Waals surface area contributed by atoms with Crippen molar-refractivity contribution in [1.82, 2.24) is 0 Å². The summed E-state index contributed by atoms with van der Waals surface area (Å²) in [5, 5.41) is 2.25. The fourth-order valence-corrected chi connectivity index (χ4v) is 5.51. The molecule has 0 radical (unpaired) electrons. The van der Waals surface area contributed by atoms with Gasteiger partial charge in [0.15, 0.2) is 0 Å². The van der Waals surface area contributed by atoms with Gasteiger partial charge in [0.1, 0.15) is 11.5 Å². The molecule has 0 saturated carbocycles. The molecule has 3 aliphatic rings. The Labute approximate surface area is 338 Å². The summed E-state index contributed by atoms with van der Waals surface area (Å²) in [6, 6.07) is 20.3. The van der Waals surface area contributed by atoms with Gasteiger partial charge in [0, 0.05) is 11.1 Å². The van der Waals surface area contributed by atoms with Crippen molar-refractivity contribution in [2.75, 3.05) is 7.11 Å². The molecule has 2 saturated heterocycles. The van der Waals surface area contributed by atoms with Gasteiger partial charge in [-0.3, -0.25) is 0 Å². The van der Waals surface area contributed by atoms with Gasteiger partial charge in [-0.05, 0) is 121 Å². The van der Waals surface area contributed by atoms with Gasteiger partial charge in [-0.15, -0.1) is 0 Å². The Balaban J connectivity index is 0.000000261. The molecule has 0 aliphatic carbocycles. The Morgan fingerprint density at radius 3 is 1.67 bits per heavy atom. The van der Waals surface area contributed by atoms with Crippen LogP contribution in [0.2, 0.25) is 0 Å². The van der Waals surface area contributed by atoms with E-state index in [1.807, 2.05) is 38.1 Å².